The lowest BCUT2D eigenvalue weighted by Crippen LogP contribution is -2.39. The molecule has 0 spiro atoms. The van der Waals surface area contributed by atoms with Crippen LogP contribution in [0, 0.1) is 5.92 Å². The maximum atomic E-state index is 11.4. The minimum absolute atomic E-state index is 0.0234. The molecule has 0 aromatic heterocycles. The highest BCUT2D eigenvalue weighted by Crippen LogP contribution is 2.17. The second-order valence-corrected chi connectivity index (χ2v) is 3.43. The van der Waals surface area contributed by atoms with Crippen LogP contribution in [0.1, 0.15) is 20.8 Å². The van der Waals surface area contributed by atoms with Gasteiger partial charge >= 0.3 is 0 Å². The molecule has 0 aromatic carbocycles. The molecule has 0 saturated heterocycles. The van der Waals surface area contributed by atoms with Crippen LogP contribution < -0.4 is 5.32 Å². The predicted molar refractivity (Wildman–Crippen MR) is 52.6 cm³/mol. The Kier molecular flexibility index (Phi) is 2.76. The Bertz CT molecular complexity index is 266. The van der Waals surface area contributed by atoms with E-state index in [0.717, 1.165) is 12.1 Å². The molecule has 72 valence electrons. The zero-order chi connectivity index (χ0) is 10.0. The van der Waals surface area contributed by atoms with Gasteiger partial charge in [-0.3, -0.25) is 4.79 Å². The first kappa shape index (κ1) is 9.84. The second-order valence-electron chi connectivity index (χ2n) is 3.43. The molecule has 0 radical (unpaired) electrons. The smallest absolute Gasteiger partial charge is 0.254 e. The van der Waals surface area contributed by atoms with Crippen molar-refractivity contribution < 1.29 is 4.79 Å². The molecule has 0 atom stereocenters. The van der Waals surface area contributed by atoms with Gasteiger partial charge in [-0.15, -0.1) is 0 Å². The number of nitrogens with zero attached hydrogens (tertiary/aromatic N) is 1. The molecular weight excluding hydrogens is 164 g/mol. The molecule has 0 unspecified atom stereocenters. The average Bonchev–Trinajstić information content (AvgIpc) is 2.03. The molecule has 0 aliphatic carbocycles. The van der Waals surface area contributed by atoms with Crippen LogP contribution in [-0.4, -0.2) is 17.4 Å². The van der Waals surface area contributed by atoms with Gasteiger partial charge in [-0.2, -0.15) is 0 Å². The fourth-order valence-corrected chi connectivity index (χ4v) is 1.27. The van der Waals surface area contributed by atoms with Gasteiger partial charge in [-0.25, -0.2) is 0 Å². The first-order valence-corrected chi connectivity index (χ1v) is 4.54. The third-order valence-corrected chi connectivity index (χ3v) is 2.12. The molecule has 1 heterocycles. The van der Waals surface area contributed by atoms with Gasteiger partial charge in [-0.1, -0.05) is 20.4 Å². The lowest BCUT2D eigenvalue weighted by Gasteiger charge is -2.28. The Labute approximate surface area is 79.1 Å². The van der Waals surface area contributed by atoms with Crippen LogP contribution in [0.5, 0.6) is 0 Å². The van der Waals surface area contributed by atoms with E-state index in [0.29, 0.717) is 5.82 Å². The molecule has 0 aromatic rings. The highest BCUT2D eigenvalue weighted by molar-refractivity contribution is 5.95. The molecule has 1 N–H and O–H groups in total. The maximum Gasteiger partial charge on any atom is 0.254 e. The second kappa shape index (κ2) is 3.64. The first-order valence-electron chi connectivity index (χ1n) is 4.54. The summed E-state index contributed by atoms with van der Waals surface area (Å²) in [6.07, 6.45) is 1.88. The SMILES string of the molecule is C=C1NC(=O)C(C(C)C)=CN1CC. The standard InChI is InChI=1S/C10H16N2O/c1-5-12-6-9(7(2)3)10(13)11-8(12)4/h6-7H,4-5H2,1-3H3,(H,11,13). The van der Waals surface area contributed by atoms with Crippen molar-refractivity contribution in [3.63, 3.8) is 0 Å². The zero-order valence-electron chi connectivity index (χ0n) is 8.42. The molecule has 13 heavy (non-hydrogen) atoms. The number of amides is 1. The highest BCUT2D eigenvalue weighted by Gasteiger charge is 2.21. The summed E-state index contributed by atoms with van der Waals surface area (Å²) < 4.78 is 0. The van der Waals surface area contributed by atoms with Gasteiger partial charge in [0.05, 0.1) is 0 Å². The minimum Gasteiger partial charge on any atom is -0.335 e. The van der Waals surface area contributed by atoms with Crippen LogP contribution in [0.2, 0.25) is 0 Å². The molecule has 0 fully saturated rings. The molecule has 1 aliphatic rings. The van der Waals surface area contributed by atoms with Gasteiger partial charge in [0.2, 0.25) is 0 Å². The number of hydrogen-bond acceptors (Lipinski definition) is 2. The Morgan fingerprint density at radius 2 is 2.23 bits per heavy atom. The third kappa shape index (κ3) is 1.91. The Balaban J connectivity index is 2.93. The summed E-state index contributed by atoms with van der Waals surface area (Å²) in [5.41, 5.74) is 0.814. The van der Waals surface area contributed by atoms with Crippen molar-refractivity contribution in [1.82, 2.24) is 10.2 Å². The van der Waals surface area contributed by atoms with Crippen molar-refractivity contribution in [2.45, 2.75) is 20.8 Å². The summed E-state index contributed by atoms with van der Waals surface area (Å²) in [6, 6.07) is 0. The van der Waals surface area contributed by atoms with Gasteiger partial charge in [0.1, 0.15) is 5.82 Å². The van der Waals surface area contributed by atoms with Gasteiger partial charge in [0.15, 0.2) is 0 Å². The summed E-state index contributed by atoms with van der Waals surface area (Å²) in [5, 5.41) is 2.74. The van der Waals surface area contributed by atoms with Crippen LogP contribution in [0.25, 0.3) is 0 Å². The van der Waals surface area contributed by atoms with Crippen molar-refractivity contribution >= 4 is 5.91 Å². The summed E-state index contributed by atoms with van der Waals surface area (Å²) in [6.45, 7) is 10.6. The van der Waals surface area contributed by atoms with E-state index in [9.17, 15) is 4.79 Å². The lowest BCUT2D eigenvalue weighted by atomic mass is 10.0. The molecule has 1 rings (SSSR count). The monoisotopic (exact) mass is 180 g/mol. The van der Waals surface area contributed by atoms with Gasteiger partial charge in [0.25, 0.3) is 5.91 Å². The van der Waals surface area contributed by atoms with E-state index in [1.807, 2.05) is 31.9 Å². The normalized spacial score (nSPS) is 17.5. The number of carbonyl (C=O) groups excluding carboxylic acids is 1. The Morgan fingerprint density at radius 1 is 1.62 bits per heavy atom. The summed E-state index contributed by atoms with van der Waals surface area (Å²) in [5.74, 6) is 0.892. The quantitative estimate of drug-likeness (QED) is 0.697. The third-order valence-electron chi connectivity index (χ3n) is 2.12. The molecule has 3 heteroatoms. The van der Waals surface area contributed by atoms with Crippen LogP contribution in [-0.2, 0) is 4.79 Å². The number of hydrogen-bond donors (Lipinski definition) is 1. The fourth-order valence-electron chi connectivity index (χ4n) is 1.27. The minimum atomic E-state index is -0.0234. The van der Waals surface area contributed by atoms with Crippen LogP contribution in [0.4, 0.5) is 0 Å². The van der Waals surface area contributed by atoms with Crippen LogP contribution >= 0.6 is 0 Å². The van der Waals surface area contributed by atoms with E-state index < -0.39 is 0 Å². The van der Waals surface area contributed by atoms with Crippen LogP contribution in [0.15, 0.2) is 24.2 Å². The predicted octanol–water partition coefficient (Wildman–Crippen LogP) is 1.45. The molecular formula is C10H16N2O. The number of carbonyl (C=O) groups is 1. The Morgan fingerprint density at radius 3 is 2.69 bits per heavy atom. The summed E-state index contributed by atoms with van der Waals surface area (Å²) in [7, 11) is 0. The number of nitrogens with one attached hydrogen (secondary N) is 1. The summed E-state index contributed by atoms with van der Waals surface area (Å²) in [4.78, 5) is 13.4. The van der Waals surface area contributed by atoms with E-state index >= 15 is 0 Å². The fraction of sp³-hybridized carbons (Fsp3) is 0.500. The van der Waals surface area contributed by atoms with Crippen molar-refractivity contribution in [3.05, 3.63) is 24.2 Å². The van der Waals surface area contributed by atoms with Crippen molar-refractivity contribution in [1.29, 1.82) is 0 Å². The van der Waals surface area contributed by atoms with E-state index in [1.54, 1.807) is 0 Å². The largest absolute Gasteiger partial charge is 0.335 e. The highest BCUT2D eigenvalue weighted by atomic mass is 16.2. The topological polar surface area (TPSA) is 32.3 Å². The lowest BCUT2D eigenvalue weighted by molar-refractivity contribution is -0.118. The maximum absolute atomic E-state index is 11.4. The van der Waals surface area contributed by atoms with Crippen molar-refractivity contribution in [3.8, 4) is 0 Å². The van der Waals surface area contributed by atoms with Gasteiger partial charge < -0.3 is 10.2 Å². The molecule has 0 saturated carbocycles. The first-order chi connectivity index (χ1) is 6.06. The summed E-state index contributed by atoms with van der Waals surface area (Å²) >= 11 is 0. The molecule has 1 amide bonds. The van der Waals surface area contributed by atoms with E-state index in [1.165, 1.54) is 0 Å². The average molecular weight is 180 g/mol. The number of rotatable bonds is 2. The van der Waals surface area contributed by atoms with Gasteiger partial charge in [-0.05, 0) is 12.8 Å². The van der Waals surface area contributed by atoms with Gasteiger partial charge in [0, 0.05) is 18.3 Å². The molecule has 1 aliphatic heterocycles. The Hall–Kier alpha value is -1.25. The molecule has 3 nitrogen and oxygen atoms in total. The van der Waals surface area contributed by atoms with E-state index in [4.69, 9.17) is 0 Å². The zero-order valence-corrected chi connectivity index (χ0v) is 8.42. The van der Waals surface area contributed by atoms with Crippen molar-refractivity contribution in [2.75, 3.05) is 6.54 Å². The van der Waals surface area contributed by atoms with E-state index in [2.05, 4.69) is 11.9 Å². The van der Waals surface area contributed by atoms with Crippen molar-refractivity contribution in [2.24, 2.45) is 5.92 Å². The molecule has 0 bridgehead atoms. The van der Waals surface area contributed by atoms with E-state index in [-0.39, 0.29) is 11.8 Å². The van der Waals surface area contributed by atoms with Crippen LogP contribution in [0.3, 0.4) is 0 Å².